The second-order valence-electron chi connectivity index (χ2n) is 6.93. The van der Waals surface area contributed by atoms with Crippen LogP contribution < -0.4 is 5.48 Å². The van der Waals surface area contributed by atoms with E-state index in [1.54, 1.807) is 36.4 Å². The highest BCUT2D eigenvalue weighted by Gasteiger charge is 2.14. The van der Waals surface area contributed by atoms with Crippen LogP contribution in [-0.4, -0.2) is 29.7 Å². The van der Waals surface area contributed by atoms with Gasteiger partial charge in [-0.3, -0.25) is 9.59 Å². The Morgan fingerprint density at radius 3 is 2.27 bits per heavy atom. The number of amides is 1. The van der Waals surface area contributed by atoms with Crippen molar-refractivity contribution in [1.29, 1.82) is 0 Å². The molecule has 1 aliphatic rings. The summed E-state index contributed by atoms with van der Waals surface area (Å²) in [4.78, 5) is 29.3. The quantitative estimate of drug-likeness (QED) is 0.396. The van der Waals surface area contributed by atoms with Gasteiger partial charge in [-0.25, -0.2) is 10.3 Å². The molecule has 1 unspecified atom stereocenters. The molecular weight excluding hydrogens is 382 g/mol. The Balaban J connectivity index is 1.48. The first-order chi connectivity index (χ1) is 14.6. The summed E-state index contributed by atoms with van der Waals surface area (Å²) in [6.07, 6.45) is 8.77. The molecule has 0 aromatic heterocycles. The first kappa shape index (κ1) is 21.6. The number of benzene rings is 2. The molecule has 6 nitrogen and oxygen atoms in total. The molecule has 1 heterocycles. The molecule has 0 aliphatic carbocycles. The highest BCUT2D eigenvalue weighted by atomic mass is 16.8. The fourth-order valence-electron chi connectivity index (χ4n) is 2.89. The van der Waals surface area contributed by atoms with Gasteiger partial charge >= 0.3 is 0 Å². The Kier molecular flexibility index (Phi) is 8.09. The topological polar surface area (TPSA) is 84.9 Å². The highest BCUT2D eigenvalue weighted by molar-refractivity contribution is 6.06. The van der Waals surface area contributed by atoms with Crippen LogP contribution in [0.3, 0.4) is 0 Å². The maximum absolute atomic E-state index is 12.2. The van der Waals surface area contributed by atoms with Crippen molar-refractivity contribution in [2.45, 2.75) is 32.2 Å². The SMILES string of the molecule is O=C(/C=C/c1ccc(/C=C/C(=O)c2ccc(CO)cc2)cc1)NOC1CCCCO1. The van der Waals surface area contributed by atoms with Crippen LogP contribution in [-0.2, 0) is 21.0 Å². The summed E-state index contributed by atoms with van der Waals surface area (Å²) in [5, 5.41) is 9.05. The van der Waals surface area contributed by atoms with E-state index in [1.807, 2.05) is 24.3 Å². The second kappa shape index (κ2) is 11.2. The molecule has 6 heteroatoms. The van der Waals surface area contributed by atoms with Gasteiger partial charge in [-0.05, 0) is 41.7 Å². The van der Waals surface area contributed by atoms with Gasteiger partial charge in [-0.2, -0.15) is 0 Å². The Hall–Kier alpha value is -3.06. The van der Waals surface area contributed by atoms with Crippen LogP contribution in [0.1, 0.15) is 46.3 Å². The Bertz CT molecular complexity index is 894. The summed E-state index contributed by atoms with van der Waals surface area (Å²) in [6, 6.07) is 14.3. The Morgan fingerprint density at radius 2 is 1.67 bits per heavy atom. The van der Waals surface area contributed by atoms with E-state index in [9.17, 15) is 9.59 Å². The van der Waals surface area contributed by atoms with E-state index in [0.29, 0.717) is 12.2 Å². The molecule has 0 radical (unpaired) electrons. The first-order valence-corrected chi connectivity index (χ1v) is 9.91. The lowest BCUT2D eigenvalue weighted by atomic mass is 10.1. The van der Waals surface area contributed by atoms with Gasteiger partial charge in [-0.1, -0.05) is 54.6 Å². The van der Waals surface area contributed by atoms with Gasteiger partial charge in [0.25, 0.3) is 5.91 Å². The lowest BCUT2D eigenvalue weighted by Gasteiger charge is -2.21. The van der Waals surface area contributed by atoms with Crippen molar-refractivity contribution in [3.63, 3.8) is 0 Å². The predicted molar refractivity (Wildman–Crippen MR) is 114 cm³/mol. The van der Waals surface area contributed by atoms with Crippen molar-refractivity contribution < 1.29 is 24.3 Å². The van der Waals surface area contributed by atoms with Crippen LogP contribution >= 0.6 is 0 Å². The summed E-state index contributed by atoms with van der Waals surface area (Å²) in [6.45, 7) is 0.605. The number of rotatable bonds is 8. The molecule has 1 fully saturated rings. The molecule has 1 aliphatic heterocycles. The monoisotopic (exact) mass is 407 g/mol. The zero-order valence-corrected chi connectivity index (χ0v) is 16.6. The third-order valence-corrected chi connectivity index (χ3v) is 4.64. The summed E-state index contributed by atoms with van der Waals surface area (Å²) < 4.78 is 5.38. The predicted octanol–water partition coefficient (Wildman–Crippen LogP) is 3.66. The van der Waals surface area contributed by atoms with Gasteiger partial charge in [0.15, 0.2) is 12.1 Å². The molecule has 2 aromatic carbocycles. The minimum Gasteiger partial charge on any atom is -0.392 e. The number of ketones is 1. The highest BCUT2D eigenvalue weighted by Crippen LogP contribution is 2.13. The second-order valence-corrected chi connectivity index (χ2v) is 6.93. The van der Waals surface area contributed by atoms with Crippen molar-refractivity contribution in [3.8, 4) is 0 Å². The molecule has 2 N–H and O–H groups in total. The van der Waals surface area contributed by atoms with Crippen LogP contribution in [0.2, 0.25) is 0 Å². The first-order valence-electron chi connectivity index (χ1n) is 9.91. The normalized spacial score (nSPS) is 16.8. The number of nitrogens with one attached hydrogen (secondary N) is 1. The van der Waals surface area contributed by atoms with Crippen LogP contribution in [0, 0.1) is 0 Å². The molecule has 0 spiro atoms. The molecular formula is C24H25NO5. The number of carbonyl (C=O) groups excluding carboxylic acids is 2. The van der Waals surface area contributed by atoms with E-state index in [2.05, 4.69) is 5.48 Å². The third kappa shape index (κ3) is 6.77. The minimum absolute atomic E-state index is 0.0469. The number of allylic oxidation sites excluding steroid dienone is 1. The number of hydrogen-bond acceptors (Lipinski definition) is 5. The van der Waals surface area contributed by atoms with Gasteiger partial charge in [0, 0.05) is 24.7 Å². The van der Waals surface area contributed by atoms with Crippen molar-refractivity contribution in [2.75, 3.05) is 6.61 Å². The largest absolute Gasteiger partial charge is 0.392 e. The third-order valence-electron chi connectivity index (χ3n) is 4.64. The Morgan fingerprint density at radius 1 is 1.00 bits per heavy atom. The number of aliphatic hydroxyl groups excluding tert-OH is 1. The molecule has 1 amide bonds. The molecule has 2 aromatic rings. The summed E-state index contributed by atoms with van der Waals surface area (Å²) in [5.41, 5.74) is 5.43. The van der Waals surface area contributed by atoms with Crippen LogP contribution in [0.15, 0.2) is 60.7 Å². The maximum Gasteiger partial charge on any atom is 0.267 e. The number of ether oxygens (including phenoxy) is 1. The van der Waals surface area contributed by atoms with Gasteiger partial charge in [0.05, 0.1) is 6.61 Å². The number of hydrogen-bond donors (Lipinski definition) is 2. The van der Waals surface area contributed by atoms with Crippen molar-refractivity contribution in [3.05, 3.63) is 82.9 Å². The molecule has 0 bridgehead atoms. The van der Waals surface area contributed by atoms with E-state index in [-0.39, 0.29) is 24.6 Å². The summed E-state index contributed by atoms with van der Waals surface area (Å²) >= 11 is 0. The molecule has 3 rings (SSSR count). The minimum atomic E-state index is -0.377. The zero-order chi connectivity index (χ0) is 21.2. The van der Waals surface area contributed by atoms with Crippen LogP contribution in [0.5, 0.6) is 0 Å². The van der Waals surface area contributed by atoms with E-state index in [0.717, 1.165) is 36.0 Å². The van der Waals surface area contributed by atoms with Gasteiger partial charge < -0.3 is 9.84 Å². The molecule has 1 saturated heterocycles. The van der Waals surface area contributed by atoms with E-state index in [4.69, 9.17) is 14.7 Å². The van der Waals surface area contributed by atoms with E-state index >= 15 is 0 Å². The Labute approximate surface area is 175 Å². The molecule has 1 atom stereocenters. The lowest BCUT2D eigenvalue weighted by Crippen LogP contribution is -2.32. The van der Waals surface area contributed by atoms with Gasteiger partial charge in [0.1, 0.15) is 0 Å². The van der Waals surface area contributed by atoms with E-state index < -0.39 is 0 Å². The van der Waals surface area contributed by atoms with Crippen molar-refractivity contribution in [2.24, 2.45) is 0 Å². The zero-order valence-electron chi connectivity index (χ0n) is 16.6. The smallest absolute Gasteiger partial charge is 0.267 e. The van der Waals surface area contributed by atoms with Gasteiger partial charge in [0.2, 0.25) is 0 Å². The summed E-state index contributed by atoms with van der Waals surface area (Å²) in [7, 11) is 0. The standard InChI is InChI=1S/C24H25NO5/c26-17-20-8-12-21(13-9-20)22(27)14-10-18-4-6-19(7-5-18)11-15-23(28)25-30-24-3-1-2-16-29-24/h4-15,24,26H,1-3,16-17H2,(H,25,28)/b14-10+,15-11+. The fourth-order valence-corrected chi connectivity index (χ4v) is 2.89. The lowest BCUT2D eigenvalue weighted by molar-refractivity contribution is -0.198. The molecule has 0 saturated carbocycles. The van der Waals surface area contributed by atoms with E-state index in [1.165, 1.54) is 12.2 Å². The maximum atomic E-state index is 12.2. The van der Waals surface area contributed by atoms with Gasteiger partial charge in [-0.15, -0.1) is 0 Å². The number of hydroxylamine groups is 1. The van der Waals surface area contributed by atoms with Crippen LogP contribution in [0.25, 0.3) is 12.2 Å². The van der Waals surface area contributed by atoms with Crippen LogP contribution in [0.4, 0.5) is 0 Å². The molecule has 156 valence electrons. The average Bonchev–Trinajstić information content (AvgIpc) is 2.81. The number of carbonyl (C=O) groups is 2. The number of aliphatic hydroxyl groups is 1. The fraction of sp³-hybridized carbons (Fsp3) is 0.250. The van der Waals surface area contributed by atoms with Crippen molar-refractivity contribution >= 4 is 23.8 Å². The average molecular weight is 407 g/mol. The van der Waals surface area contributed by atoms with Crippen molar-refractivity contribution in [1.82, 2.24) is 5.48 Å². The summed E-state index contributed by atoms with van der Waals surface area (Å²) in [5.74, 6) is -0.465. The molecule has 30 heavy (non-hydrogen) atoms.